The zero-order valence-electron chi connectivity index (χ0n) is 14.3. The number of carbonyl (C=O) groups excluding carboxylic acids is 1. The van der Waals surface area contributed by atoms with E-state index in [1.54, 1.807) is 0 Å². The molecule has 2 aromatic rings. The van der Waals surface area contributed by atoms with Gasteiger partial charge < -0.3 is 14.6 Å². The minimum absolute atomic E-state index is 0. The number of carbonyl (C=O) groups is 1. The summed E-state index contributed by atoms with van der Waals surface area (Å²) < 4.78 is 5.65. The highest BCUT2D eigenvalue weighted by molar-refractivity contribution is 7.17. The molecule has 2 aromatic heterocycles. The predicted molar refractivity (Wildman–Crippen MR) is 104 cm³/mol. The summed E-state index contributed by atoms with van der Waals surface area (Å²) in [6, 6.07) is 4.54. The Morgan fingerprint density at radius 1 is 1.24 bits per heavy atom. The van der Waals surface area contributed by atoms with E-state index in [0.29, 0.717) is 12.1 Å². The van der Waals surface area contributed by atoms with Crippen LogP contribution < -0.4 is 5.32 Å². The molecule has 2 bridgehead atoms. The van der Waals surface area contributed by atoms with Gasteiger partial charge in [-0.15, -0.1) is 36.2 Å². The molecule has 2 fully saturated rings. The van der Waals surface area contributed by atoms with Crippen molar-refractivity contribution in [2.45, 2.75) is 45.2 Å². The molecule has 0 spiro atoms. The number of nitrogens with one attached hydrogen (secondary N) is 1. The van der Waals surface area contributed by atoms with Gasteiger partial charge in [0.25, 0.3) is 5.91 Å². The van der Waals surface area contributed by atoms with E-state index in [1.807, 2.05) is 26.0 Å². The number of hydrogen-bond acceptors (Lipinski definition) is 5. The van der Waals surface area contributed by atoms with Gasteiger partial charge in [0.05, 0.1) is 5.69 Å². The van der Waals surface area contributed by atoms with Crippen LogP contribution >= 0.6 is 36.2 Å². The monoisotopic (exact) mass is 403 g/mol. The van der Waals surface area contributed by atoms with Crippen molar-refractivity contribution in [2.75, 3.05) is 13.1 Å². The molecule has 25 heavy (non-hydrogen) atoms. The lowest BCUT2D eigenvalue weighted by Gasteiger charge is -2.27. The van der Waals surface area contributed by atoms with E-state index in [4.69, 9.17) is 4.42 Å². The lowest BCUT2D eigenvalue weighted by atomic mass is 10.1. The Balaban J connectivity index is 0.00000113. The molecule has 5 nitrogen and oxygen atoms in total. The maximum Gasteiger partial charge on any atom is 0.266 e. The second kappa shape index (κ2) is 8.08. The van der Waals surface area contributed by atoms with Gasteiger partial charge >= 0.3 is 0 Å². The van der Waals surface area contributed by atoms with Gasteiger partial charge in [0.15, 0.2) is 10.8 Å². The van der Waals surface area contributed by atoms with Gasteiger partial charge in [-0.1, -0.05) is 0 Å². The van der Waals surface area contributed by atoms with Gasteiger partial charge in [0, 0.05) is 18.6 Å². The maximum atomic E-state index is 13.1. The molecule has 0 saturated carbocycles. The number of furan rings is 1. The van der Waals surface area contributed by atoms with Crippen LogP contribution in [0.15, 0.2) is 16.5 Å². The van der Waals surface area contributed by atoms with Gasteiger partial charge in [0.1, 0.15) is 10.6 Å². The fraction of sp³-hybridized carbons (Fsp3) is 0.529. The number of halogens is 2. The molecule has 2 atom stereocenters. The first-order chi connectivity index (χ1) is 11.1. The van der Waals surface area contributed by atoms with Crippen LogP contribution in [0.2, 0.25) is 0 Å². The summed E-state index contributed by atoms with van der Waals surface area (Å²) in [5.74, 6) is 1.75. The summed E-state index contributed by atoms with van der Waals surface area (Å²) in [7, 11) is 0. The highest BCUT2D eigenvalue weighted by Crippen LogP contribution is 2.34. The summed E-state index contributed by atoms with van der Waals surface area (Å²) >= 11 is 1.45. The topological polar surface area (TPSA) is 58.4 Å². The molecule has 1 amide bonds. The predicted octanol–water partition coefficient (Wildman–Crippen LogP) is 3.83. The molecule has 4 heterocycles. The summed E-state index contributed by atoms with van der Waals surface area (Å²) in [6.07, 6.45) is 3.27. The number of amides is 1. The van der Waals surface area contributed by atoms with Crippen molar-refractivity contribution >= 4 is 42.1 Å². The SMILES string of the molecule is Cc1ccc(-c2nc(C)c(C(=O)N3C4CCNCC3CC4)s2)o1.Cl.Cl. The number of hydrogen-bond donors (Lipinski definition) is 1. The fourth-order valence-electron chi connectivity index (χ4n) is 3.68. The lowest BCUT2D eigenvalue weighted by molar-refractivity contribution is 0.0684. The zero-order chi connectivity index (χ0) is 16.0. The number of aryl methyl sites for hydroxylation is 2. The van der Waals surface area contributed by atoms with E-state index in [1.165, 1.54) is 11.3 Å². The largest absolute Gasteiger partial charge is 0.459 e. The highest BCUT2D eigenvalue weighted by Gasteiger charge is 2.39. The van der Waals surface area contributed by atoms with Crippen molar-refractivity contribution in [2.24, 2.45) is 0 Å². The van der Waals surface area contributed by atoms with Crippen molar-refractivity contribution < 1.29 is 9.21 Å². The van der Waals surface area contributed by atoms with Crippen molar-refractivity contribution in [3.05, 3.63) is 28.5 Å². The molecule has 4 rings (SSSR count). The molecular formula is C17H23Cl2N3O2S. The van der Waals surface area contributed by atoms with Crippen LogP contribution in [0.25, 0.3) is 10.8 Å². The third kappa shape index (κ3) is 3.72. The number of aromatic nitrogens is 1. The normalized spacial score (nSPS) is 22.1. The van der Waals surface area contributed by atoms with Crippen molar-refractivity contribution in [3.8, 4) is 10.8 Å². The second-order valence-electron chi connectivity index (χ2n) is 6.43. The Kier molecular flexibility index (Phi) is 6.54. The van der Waals surface area contributed by atoms with Crippen molar-refractivity contribution in [1.29, 1.82) is 0 Å². The average Bonchev–Trinajstić information content (AvgIpc) is 3.15. The van der Waals surface area contributed by atoms with Gasteiger partial charge in [-0.3, -0.25) is 4.79 Å². The molecule has 0 aliphatic carbocycles. The third-order valence-corrected chi connectivity index (χ3v) is 5.99. The zero-order valence-corrected chi connectivity index (χ0v) is 16.7. The lowest BCUT2D eigenvalue weighted by Crippen LogP contribution is -2.42. The molecule has 0 radical (unpaired) electrons. The van der Waals surface area contributed by atoms with E-state index in [9.17, 15) is 4.79 Å². The number of fused-ring (bicyclic) bond motifs is 2. The molecule has 2 unspecified atom stereocenters. The Bertz CT molecular complexity index is 732. The van der Waals surface area contributed by atoms with E-state index in [2.05, 4.69) is 15.2 Å². The van der Waals surface area contributed by atoms with Gasteiger partial charge in [-0.05, 0) is 51.8 Å². The number of thiazole rings is 1. The fourth-order valence-corrected chi connectivity index (χ4v) is 4.65. The van der Waals surface area contributed by atoms with Crippen LogP contribution in [0.4, 0.5) is 0 Å². The first kappa shape index (κ1) is 20.2. The molecule has 0 aromatic carbocycles. The summed E-state index contributed by atoms with van der Waals surface area (Å²) in [4.78, 5) is 20.6. The van der Waals surface area contributed by atoms with Gasteiger partial charge in [0.2, 0.25) is 0 Å². The van der Waals surface area contributed by atoms with E-state index in [-0.39, 0.29) is 30.7 Å². The molecule has 2 saturated heterocycles. The number of rotatable bonds is 2. The van der Waals surface area contributed by atoms with E-state index < -0.39 is 0 Å². The molecule has 1 N–H and O–H groups in total. The van der Waals surface area contributed by atoms with Crippen LogP contribution in [0.1, 0.15) is 40.4 Å². The third-order valence-electron chi connectivity index (χ3n) is 4.83. The number of nitrogens with zero attached hydrogens (tertiary/aromatic N) is 2. The van der Waals surface area contributed by atoms with Crippen LogP contribution in [0, 0.1) is 13.8 Å². The summed E-state index contributed by atoms with van der Waals surface area (Å²) in [5, 5.41) is 4.23. The van der Waals surface area contributed by atoms with Crippen LogP contribution in [-0.2, 0) is 0 Å². The molecule has 2 aliphatic rings. The van der Waals surface area contributed by atoms with E-state index >= 15 is 0 Å². The summed E-state index contributed by atoms with van der Waals surface area (Å²) in [6.45, 7) is 5.74. The van der Waals surface area contributed by atoms with Crippen molar-refractivity contribution in [3.63, 3.8) is 0 Å². The maximum absolute atomic E-state index is 13.1. The minimum atomic E-state index is 0. The van der Waals surface area contributed by atoms with Crippen LogP contribution in [-0.4, -0.2) is 41.0 Å². The standard InChI is InChI=1S/C17H21N3O2S.2ClH/c1-10-3-6-14(22-10)16-19-11(2)15(23-16)17(21)20-12-4-5-13(20)9-18-8-7-12;;/h3,6,12-13,18H,4-5,7-9H2,1-2H3;2*1H. The molecular weight excluding hydrogens is 381 g/mol. The second-order valence-corrected chi connectivity index (χ2v) is 7.43. The van der Waals surface area contributed by atoms with Crippen LogP contribution in [0.3, 0.4) is 0 Å². The summed E-state index contributed by atoms with van der Waals surface area (Å²) in [5.41, 5.74) is 0.806. The Morgan fingerprint density at radius 2 is 2.00 bits per heavy atom. The van der Waals surface area contributed by atoms with Crippen LogP contribution in [0.5, 0.6) is 0 Å². The smallest absolute Gasteiger partial charge is 0.266 e. The van der Waals surface area contributed by atoms with E-state index in [0.717, 1.165) is 59.5 Å². The Morgan fingerprint density at radius 3 is 2.72 bits per heavy atom. The molecule has 8 heteroatoms. The Labute approximate surface area is 164 Å². The van der Waals surface area contributed by atoms with Gasteiger partial charge in [-0.25, -0.2) is 4.98 Å². The molecule has 138 valence electrons. The highest BCUT2D eigenvalue weighted by atomic mass is 35.5. The Hall–Kier alpha value is -1.08. The van der Waals surface area contributed by atoms with Gasteiger partial charge in [-0.2, -0.15) is 0 Å². The minimum Gasteiger partial charge on any atom is -0.459 e. The van der Waals surface area contributed by atoms with Crippen molar-refractivity contribution in [1.82, 2.24) is 15.2 Å². The first-order valence-electron chi connectivity index (χ1n) is 8.21. The first-order valence-corrected chi connectivity index (χ1v) is 9.03. The average molecular weight is 404 g/mol. The quantitative estimate of drug-likeness (QED) is 0.827. The molecule has 2 aliphatic heterocycles.